The van der Waals surface area contributed by atoms with Crippen LogP contribution in [0.5, 0.6) is 11.5 Å². The summed E-state index contributed by atoms with van der Waals surface area (Å²) in [7, 11) is 3.10. The van der Waals surface area contributed by atoms with Crippen LogP contribution < -0.4 is 14.9 Å². The van der Waals surface area contributed by atoms with Gasteiger partial charge in [0.15, 0.2) is 16.9 Å². The molecule has 0 amide bonds. The molecule has 3 aromatic rings. The molecule has 6 heteroatoms. The van der Waals surface area contributed by atoms with Gasteiger partial charge in [-0.05, 0) is 80.6 Å². The van der Waals surface area contributed by atoms with Crippen molar-refractivity contribution < 1.29 is 18.3 Å². The second-order valence-corrected chi connectivity index (χ2v) is 8.55. The van der Waals surface area contributed by atoms with Crippen LogP contribution in [0.2, 0.25) is 0 Å². The molecule has 0 saturated carbocycles. The van der Waals surface area contributed by atoms with Crippen LogP contribution in [0.4, 0.5) is 4.39 Å². The van der Waals surface area contributed by atoms with Gasteiger partial charge in [0, 0.05) is 11.6 Å². The standard InChI is InChI=1S/C27H30FNO4/c1-18(19-6-8-22(28)9-7-19)20-10-13-29(14-11-20)12-4-5-21-17-33-24-16-26(32-3)25(31-2)15-23(24)27(21)30/h6-9,15-17,20H,1,4-5,10-14H2,2-3H3. The topological polar surface area (TPSA) is 51.9 Å². The van der Waals surface area contributed by atoms with Crippen molar-refractivity contribution >= 4 is 16.5 Å². The summed E-state index contributed by atoms with van der Waals surface area (Å²) in [5, 5.41) is 0.505. The van der Waals surface area contributed by atoms with E-state index < -0.39 is 0 Å². The lowest BCUT2D eigenvalue weighted by atomic mass is 9.86. The number of allylic oxidation sites excluding steroid dienone is 1. The van der Waals surface area contributed by atoms with Crippen molar-refractivity contribution in [3.8, 4) is 11.5 Å². The lowest BCUT2D eigenvalue weighted by Crippen LogP contribution is -2.35. The molecule has 0 N–H and O–H groups in total. The van der Waals surface area contributed by atoms with Crippen molar-refractivity contribution in [2.45, 2.75) is 25.7 Å². The van der Waals surface area contributed by atoms with E-state index in [1.165, 1.54) is 12.1 Å². The summed E-state index contributed by atoms with van der Waals surface area (Å²) in [6.45, 7) is 7.18. The molecule has 0 atom stereocenters. The fourth-order valence-corrected chi connectivity index (χ4v) is 4.57. The first kappa shape index (κ1) is 23.1. The summed E-state index contributed by atoms with van der Waals surface area (Å²) in [5.41, 5.74) is 3.26. The highest BCUT2D eigenvalue weighted by Crippen LogP contribution is 2.32. The number of rotatable bonds is 8. The molecule has 0 spiro atoms. The molecule has 0 radical (unpaired) electrons. The van der Waals surface area contributed by atoms with Gasteiger partial charge in [-0.2, -0.15) is 0 Å². The number of halogens is 1. The molecule has 5 nitrogen and oxygen atoms in total. The maximum absolute atomic E-state index is 13.2. The molecule has 2 heterocycles. The van der Waals surface area contributed by atoms with E-state index in [4.69, 9.17) is 13.9 Å². The predicted molar refractivity (Wildman–Crippen MR) is 129 cm³/mol. The lowest BCUT2D eigenvalue weighted by molar-refractivity contribution is 0.204. The molecule has 1 saturated heterocycles. The van der Waals surface area contributed by atoms with E-state index in [-0.39, 0.29) is 11.2 Å². The first-order valence-electron chi connectivity index (χ1n) is 11.3. The molecular formula is C27H30FNO4. The van der Waals surface area contributed by atoms with Gasteiger partial charge >= 0.3 is 0 Å². The van der Waals surface area contributed by atoms with E-state index in [0.29, 0.717) is 40.4 Å². The van der Waals surface area contributed by atoms with Gasteiger partial charge in [-0.25, -0.2) is 4.39 Å². The molecule has 2 aromatic carbocycles. The third-order valence-electron chi connectivity index (χ3n) is 6.57. The number of nitrogens with zero attached hydrogens (tertiary/aromatic N) is 1. The number of likely N-dealkylation sites (tertiary alicyclic amines) is 1. The Balaban J connectivity index is 1.32. The van der Waals surface area contributed by atoms with Crippen LogP contribution >= 0.6 is 0 Å². The van der Waals surface area contributed by atoms with Gasteiger partial charge in [0.2, 0.25) is 0 Å². The molecule has 1 fully saturated rings. The van der Waals surface area contributed by atoms with Crippen molar-refractivity contribution in [1.29, 1.82) is 0 Å². The SMILES string of the molecule is C=C(c1ccc(F)cc1)C1CCN(CCCc2coc3cc(OC)c(OC)cc3c2=O)CC1. The van der Waals surface area contributed by atoms with Gasteiger partial charge in [-0.3, -0.25) is 4.79 Å². The van der Waals surface area contributed by atoms with Crippen molar-refractivity contribution in [2.24, 2.45) is 5.92 Å². The first-order chi connectivity index (χ1) is 16.0. The third kappa shape index (κ3) is 5.11. The zero-order chi connectivity index (χ0) is 23.4. The summed E-state index contributed by atoms with van der Waals surface area (Å²) in [5.74, 6) is 1.25. The molecule has 1 aliphatic heterocycles. The summed E-state index contributed by atoms with van der Waals surface area (Å²) in [4.78, 5) is 15.4. The number of hydrogen-bond donors (Lipinski definition) is 0. The van der Waals surface area contributed by atoms with Crippen LogP contribution in [-0.2, 0) is 6.42 Å². The van der Waals surface area contributed by atoms with Gasteiger partial charge < -0.3 is 18.8 Å². The van der Waals surface area contributed by atoms with Crippen LogP contribution in [0.1, 0.15) is 30.4 Å². The molecule has 4 rings (SSSR count). The maximum Gasteiger partial charge on any atom is 0.195 e. The van der Waals surface area contributed by atoms with Crippen molar-refractivity contribution in [1.82, 2.24) is 4.90 Å². The fraction of sp³-hybridized carbons (Fsp3) is 0.370. The van der Waals surface area contributed by atoms with E-state index in [2.05, 4.69) is 11.5 Å². The predicted octanol–water partition coefficient (Wildman–Crippen LogP) is 5.31. The largest absolute Gasteiger partial charge is 0.493 e. The van der Waals surface area contributed by atoms with Gasteiger partial charge in [-0.1, -0.05) is 18.7 Å². The minimum atomic E-state index is -0.222. The number of aryl methyl sites for hydroxylation is 1. The Morgan fingerprint density at radius 2 is 1.79 bits per heavy atom. The quantitative estimate of drug-likeness (QED) is 0.465. The van der Waals surface area contributed by atoms with Gasteiger partial charge in [0.05, 0.1) is 25.9 Å². The second-order valence-electron chi connectivity index (χ2n) is 8.55. The van der Waals surface area contributed by atoms with Gasteiger partial charge in [0.25, 0.3) is 0 Å². The fourth-order valence-electron chi connectivity index (χ4n) is 4.57. The Kier molecular flexibility index (Phi) is 7.14. The van der Waals surface area contributed by atoms with E-state index in [1.807, 2.05) is 12.1 Å². The minimum Gasteiger partial charge on any atom is -0.493 e. The third-order valence-corrected chi connectivity index (χ3v) is 6.57. The summed E-state index contributed by atoms with van der Waals surface area (Å²) in [6, 6.07) is 9.97. The Bertz CT molecular complexity index is 1180. The van der Waals surface area contributed by atoms with Gasteiger partial charge in [-0.15, -0.1) is 0 Å². The van der Waals surface area contributed by atoms with Crippen LogP contribution in [0.25, 0.3) is 16.5 Å². The lowest BCUT2D eigenvalue weighted by Gasteiger charge is -2.33. The molecule has 0 bridgehead atoms. The number of fused-ring (bicyclic) bond motifs is 1. The Labute approximate surface area is 193 Å². The monoisotopic (exact) mass is 451 g/mol. The van der Waals surface area contributed by atoms with Crippen LogP contribution in [0.15, 0.2) is 58.5 Å². The van der Waals surface area contributed by atoms with Crippen LogP contribution in [0.3, 0.4) is 0 Å². The molecule has 0 unspecified atom stereocenters. The molecule has 33 heavy (non-hydrogen) atoms. The zero-order valence-electron chi connectivity index (χ0n) is 19.2. The van der Waals surface area contributed by atoms with Gasteiger partial charge in [0.1, 0.15) is 11.4 Å². The van der Waals surface area contributed by atoms with Crippen molar-refractivity contribution in [3.05, 3.63) is 76.4 Å². The number of piperidine rings is 1. The number of benzene rings is 2. The molecule has 0 aliphatic carbocycles. The number of methoxy groups -OCH3 is 2. The van der Waals surface area contributed by atoms with E-state index >= 15 is 0 Å². The Hall–Kier alpha value is -3.12. The molecule has 1 aromatic heterocycles. The van der Waals surface area contributed by atoms with E-state index in [1.54, 1.807) is 32.6 Å². The average Bonchev–Trinajstić information content (AvgIpc) is 2.85. The molecule has 1 aliphatic rings. The Morgan fingerprint density at radius 1 is 1.12 bits per heavy atom. The summed E-state index contributed by atoms with van der Waals surface area (Å²) >= 11 is 0. The molecular weight excluding hydrogens is 421 g/mol. The average molecular weight is 452 g/mol. The highest BCUT2D eigenvalue weighted by molar-refractivity contribution is 5.81. The minimum absolute atomic E-state index is 0.0218. The zero-order valence-corrected chi connectivity index (χ0v) is 19.2. The molecule has 174 valence electrons. The Morgan fingerprint density at radius 3 is 2.45 bits per heavy atom. The highest BCUT2D eigenvalue weighted by Gasteiger charge is 2.22. The number of ether oxygens (including phenoxy) is 2. The normalized spacial score (nSPS) is 15.0. The van der Waals surface area contributed by atoms with Crippen LogP contribution in [-0.4, -0.2) is 38.8 Å². The van der Waals surface area contributed by atoms with Crippen molar-refractivity contribution in [3.63, 3.8) is 0 Å². The number of hydrogen-bond acceptors (Lipinski definition) is 5. The van der Waals surface area contributed by atoms with E-state index in [0.717, 1.165) is 50.0 Å². The highest BCUT2D eigenvalue weighted by atomic mass is 19.1. The smallest absolute Gasteiger partial charge is 0.195 e. The summed E-state index contributed by atoms with van der Waals surface area (Å²) < 4.78 is 29.5. The first-order valence-corrected chi connectivity index (χ1v) is 11.3. The maximum atomic E-state index is 13.2. The second kappa shape index (κ2) is 10.2. The van der Waals surface area contributed by atoms with E-state index in [9.17, 15) is 9.18 Å². The summed E-state index contributed by atoms with van der Waals surface area (Å²) in [6.07, 6.45) is 5.18. The van der Waals surface area contributed by atoms with Crippen LogP contribution in [0, 0.1) is 11.7 Å². The van der Waals surface area contributed by atoms with Crippen molar-refractivity contribution in [2.75, 3.05) is 33.9 Å².